The van der Waals surface area contributed by atoms with Crippen LogP contribution in [-0.2, 0) is 11.2 Å². The molecule has 0 atom stereocenters. The molecule has 0 bridgehead atoms. The van der Waals surface area contributed by atoms with Crippen molar-refractivity contribution in [3.05, 3.63) is 82.1 Å². The first-order chi connectivity index (χ1) is 13.0. The molecular formula is C23H22ClNO2. The van der Waals surface area contributed by atoms with Crippen molar-refractivity contribution in [2.24, 2.45) is 0 Å². The summed E-state index contributed by atoms with van der Waals surface area (Å²) in [5.74, 6) is 1.14. The molecule has 4 heteroatoms. The minimum Gasteiger partial charge on any atom is -0.457 e. The molecule has 0 radical (unpaired) electrons. The zero-order valence-electron chi connectivity index (χ0n) is 15.7. The van der Waals surface area contributed by atoms with Gasteiger partial charge in [-0.05, 0) is 61.2 Å². The number of carbonyl (C=O) groups excluding carboxylic acids is 1. The highest BCUT2D eigenvalue weighted by molar-refractivity contribution is 6.31. The Morgan fingerprint density at radius 2 is 1.93 bits per heavy atom. The maximum atomic E-state index is 12.3. The lowest BCUT2D eigenvalue weighted by Gasteiger charge is -2.11. The second kappa shape index (κ2) is 8.28. The van der Waals surface area contributed by atoms with E-state index in [9.17, 15) is 4.79 Å². The van der Waals surface area contributed by atoms with Crippen molar-refractivity contribution in [2.45, 2.75) is 27.2 Å². The van der Waals surface area contributed by atoms with Crippen molar-refractivity contribution in [2.75, 3.05) is 5.32 Å². The Balaban J connectivity index is 1.72. The van der Waals surface area contributed by atoms with E-state index in [1.54, 1.807) is 6.08 Å². The molecule has 2 aromatic carbocycles. The lowest BCUT2D eigenvalue weighted by atomic mass is 10.1. The third kappa shape index (κ3) is 4.50. The van der Waals surface area contributed by atoms with Crippen molar-refractivity contribution >= 4 is 29.3 Å². The Bertz CT molecular complexity index is 1000. The van der Waals surface area contributed by atoms with Crippen molar-refractivity contribution < 1.29 is 9.21 Å². The lowest BCUT2D eigenvalue weighted by Crippen LogP contribution is -2.10. The number of benzene rings is 2. The topological polar surface area (TPSA) is 42.2 Å². The fourth-order valence-corrected chi connectivity index (χ4v) is 3.05. The highest BCUT2D eigenvalue weighted by atomic mass is 35.5. The molecule has 1 heterocycles. The van der Waals surface area contributed by atoms with Gasteiger partial charge in [0, 0.05) is 22.3 Å². The molecule has 0 fully saturated rings. The number of anilines is 1. The molecule has 0 unspecified atom stereocenters. The van der Waals surface area contributed by atoms with Crippen LogP contribution in [0.1, 0.15) is 29.4 Å². The fourth-order valence-electron chi connectivity index (χ4n) is 2.87. The molecular weight excluding hydrogens is 358 g/mol. The van der Waals surface area contributed by atoms with Crippen LogP contribution in [0.5, 0.6) is 0 Å². The maximum Gasteiger partial charge on any atom is 0.248 e. The second-order valence-electron chi connectivity index (χ2n) is 6.45. The van der Waals surface area contributed by atoms with E-state index in [1.165, 1.54) is 6.08 Å². The summed E-state index contributed by atoms with van der Waals surface area (Å²) in [7, 11) is 0. The van der Waals surface area contributed by atoms with Crippen LogP contribution in [0.2, 0.25) is 5.02 Å². The molecule has 3 rings (SSSR count). The molecule has 27 heavy (non-hydrogen) atoms. The normalized spacial score (nSPS) is 11.1. The molecule has 0 aliphatic heterocycles. The van der Waals surface area contributed by atoms with Gasteiger partial charge in [-0.15, -0.1) is 0 Å². The summed E-state index contributed by atoms with van der Waals surface area (Å²) < 4.78 is 5.81. The van der Waals surface area contributed by atoms with Gasteiger partial charge in [0.15, 0.2) is 0 Å². The summed E-state index contributed by atoms with van der Waals surface area (Å²) in [5, 5.41) is 3.67. The number of aryl methyl sites for hydroxylation is 3. The van der Waals surface area contributed by atoms with Crippen LogP contribution in [0.4, 0.5) is 5.69 Å². The Labute approximate surface area is 164 Å². The Kier molecular flexibility index (Phi) is 5.82. The van der Waals surface area contributed by atoms with Crippen molar-refractivity contribution in [3.8, 4) is 11.3 Å². The summed E-state index contributed by atoms with van der Waals surface area (Å²) in [4.78, 5) is 12.3. The van der Waals surface area contributed by atoms with E-state index in [0.717, 1.165) is 34.4 Å². The lowest BCUT2D eigenvalue weighted by molar-refractivity contribution is -0.111. The van der Waals surface area contributed by atoms with Crippen molar-refractivity contribution in [1.82, 2.24) is 0 Å². The highest BCUT2D eigenvalue weighted by Crippen LogP contribution is 2.27. The molecule has 1 amide bonds. The maximum absolute atomic E-state index is 12.3. The number of para-hydroxylation sites is 1. The molecule has 0 spiro atoms. The minimum atomic E-state index is -0.185. The van der Waals surface area contributed by atoms with Gasteiger partial charge in [0.25, 0.3) is 0 Å². The number of amides is 1. The number of carbonyl (C=O) groups is 1. The number of hydrogen-bond donors (Lipinski definition) is 1. The Morgan fingerprint density at radius 3 is 2.67 bits per heavy atom. The van der Waals surface area contributed by atoms with Crippen LogP contribution in [0.15, 0.2) is 59.0 Å². The molecule has 138 valence electrons. The zero-order valence-corrected chi connectivity index (χ0v) is 16.4. The SMILES string of the molecule is CCc1cccc(C)c1NC(=O)C=Cc1ccc(-c2ccc(C)c(Cl)c2)o1. The molecule has 3 nitrogen and oxygen atoms in total. The summed E-state index contributed by atoms with van der Waals surface area (Å²) in [6, 6.07) is 15.5. The summed E-state index contributed by atoms with van der Waals surface area (Å²) in [6.07, 6.45) is 4.01. The van der Waals surface area contributed by atoms with Gasteiger partial charge in [-0.2, -0.15) is 0 Å². The second-order valence-corrected chi connectivity index (χ2v) is 6.86. The summed E-state index contributed by atoms with van der Waals surface area (Å²) in [5.41, 5.74) is 4.97. The number of halogens is 1. The largest absolute Gasteiger partial charge is 0.457 e. The van der Waals surface area contributed by atoms with E-state index < -0.39 is 0 Å². The molecule has 3 aromatic rings. The first-order valence-corrected chi connectivity index (χ1v) is 9.29. The van der Waals surface area contributed by atoms with E-state index >= 15 is 0 Å². The average Bonchev–Trinajstić information content (AvgIpc) is 3.13. The van der Waals surface area contributed by atoms with Gasteiger partial charge in [-0.3, -0.25) is 4.79 Å². The van der Waals surface area contributed by atoms with E-state index in [-0.39, 0.29) is 5.91 Å². The van der Waals surface area contributed by atoms with Crippen LogP contribution in [0.25, 0.3) is 17.4 Å². The van der Waals surface area contributed by atoms with Crippen LogP contribution < -0.4 is 5.32 Å². The zero-order chi connectivity index (χ0) is 19.4. The molecule has 1 N–H and O–H groups in total. The first kappa shape index (κ1) is 19.0. The van der Waals surface area contributed by atoms with E-state index in [1.807, 2.05) is 62.4 Å². The molecule has 0 aliphatic rings. The first-order valence-electron chi connectivity index (χ1n) is 8.92. The van der Waals surface area contributed by atoms with Gasteiger partial charge in [-0.25, -0.2) is 0 Å². The summed E-state index contributed by atoms with van der Waals surface area (Å²) >= 11 is 6.18. The van der Waals surface area contributed by atoms with Crippen molar-refractivity contribution in [1.29, 1.82) is 0 Å². The Hall–Kier alpha value is -2.78. The van der Waals surface area contributed by atoms with Crippen molar-refractivity contribution in [3.63, 3.8) is 0 Å². The quantitative estimate of drug-likeness (QED) is 0.519. The van der Waals surface area contributed by atoms with Gasteiger partial charge in [0.05, 0.1) is 0 Å². The monoisotopic (exact) mass is 379 g/mol. The molecule has 1 aromatic heterocycles. The smallest absolute Gasteiger partial charge is 0.248 e. The summed E-state index contributed by atoms with van der Waals surface area (Å²) in [6.45, 7) is 6.02. The fraction of sp³-hybridized carbons (Fsp3) is 0.174. The standard InChI is InChI=1S/C23H22ClNO2/c1-4-17-7-5-6-16(3)23(17)25-22(26)13-11-19-10-12-21(27-19)18-9-8-15(2)20(24)14-18/h5-14H,4H2,1-3H3,(H,25,26). The van der Waals surface area contributed by atoms with Gasteiger partial charge in [0.2, 0.25) is 5.91 Å². The van der Waals surface area contributed by atoms with Crippen LogP contribution >= 0.6 is 11.6 Å². The van der Waals surface area contributed by atoms with Gasteiger partial charge >= 0.3 is 0 Å². The van der Waals surface area contributed by atoms with Crippen LogP contribution in [0.3, 0.4) is 0 Å². The third-order valence-corrected chi connectivity index (χ3v) is 4.88. The number of hydrogen-bond acceptors (Lipinski definition) is 2. The minimum absolute atomic E-state index is 0.185. The molecule has 0 saturated heterocycles. The Morgan fingerprint density at radius 1 is 1.11 bits per heavy atom. The molecule has 0 aliphatic carbocycles. The number of furan rings is 1. The van der Waals surface area contributed by atoms with Gasteiger partial charge < -0.3 is 9.73 Å². The number of rotatable bonds is 5. The van der Waals surface area contributed by atoms with Crippen LogP contribution in [0, 0.1) is 13.8 Å². The average molecular weight is 380 g/mol. The highest BCUT2D eigenvalue weighted by Gasteiger charge is 2.08. The van der Waals surface area contributed by atoms with Crippen LogP contribution in [-0.4, -0.2) is 5.91 Å². The van der Waals surface area contributed by atoms with Gasteiger partial charge in [0.1, 0.15) is 11.5 Å². The van der Waals surface area contributed by atoms with E-state index in [4.69, 9.17) is 16.0 Å². The number of nitrogens with one attached hydrogen (secondary N) is 1. The molecule has 0 saturated carbocycles. The predicted molar refractivity (Wildman–Crippen MR) is 112 cm³/mol. The predicted octanol–water partition coefficient (Wildman–Crippen LogP) is 6.43. The van der Waals surface area contributed by atoms with E-state index in [2.05, 4.69) is 12.2 Å². The van der Waals surface area contributed by atoms with Gasteiger partial charge in [-0.1, -0.05) is 48.9 Å². The third-order valence-electron chi connectivity index (χ3n) is 4.47. The van der Waals surface area contributed by atoms with E-state index in [0.29, 0.717) is 16.5 Å².